The monoisotopic (exact) mass is 439 g/mol. The Morgan fingerprint density at radius 3 is 2.48 bits per heavy atom. The Hall–Kier alpha value is -3.04. The molecule has 1 aromatic heterocycles. The van der Waals surface area contributed by atoms with Gasteiger partial charge in [0.15, 0.2) is 0 Å². The van der Waals surface area contributed by atoms with Crippen LogP contribution in [0.2, 0.25) is 0 Å². The van der Waals surface area contributed by atoms with E-state index in [1.165, 1.54) is 22.8 Å². The predicted octanol–water partition coefficient (Wildman–Crippen LogP) is 3.00. The summed E-state index contributed by atoms with van der Waals surface area (Å²) in [6, 6.07) is 13.6. The molecule has 3 aromatic rings. The van der Waals surface area contributed by atoms with Crippen molar-refractivity contribution < 1.29 is 13.2 Å². The van der Waals surface area contributed by atoms with Crippen LogP contribution in [0.4, 0.5) is 5.69 Å². The van der Waals surface area contributed by atoms with Crippen LogP contribution in [-0.2, 0) is 16.6 Å². The zero-order valence-corrected chi connectivity index (χ0v) is 18.1. The molecule has 0 saturated carbocycles. The summed E-state index contributed by atoms with van der Waals surface area (Å²) in [4.78, 5) is 16.9. The minimum Gasteiger partial charge on any atom is -0.322 e. The summed E-state index contributed by atoms with van der Waals surface area (Å²) in [6.45, 7) is 3.69. The maximum atomic E-state index is 12.9. The maximum Gasteiger partial charge on any atom is 0.255 e. The van der Waals surface area contributed by atoms with Crippen molar-refractivity contribution in [1.29, 1.82) is 0 Å². The van der Waals surface area contributed by atoms with Crippen LogP contribution in [-0.4, -0.2) is 46.5 Å². The van der Waals surface area contributed by atoms with Gasteiger partial charge in [-0.2, -0.15) is 9.40 Å². The molecule has 0 atom stereocenters. The molecule has 1 fully saturated rings. The average Bonchev–Trinajstić information content (AvgIpc) is 3.29. The topological polar surface area (TPSA) is 97.2 Å². The Morgan fingerprint density at radius 2 is 1.81 bits per heavy atom. The molecule has 0 radical (unpaired) electrons. The van der Waals surface area contributed by atoms with Gasteiger partial charge in [0.25, 0.3) is 5.91 Å². The fourth-order valence-corrected chi connectivity index (χ4v) is 5.09. The van der Waals surface area contributed by atoms with Gasteiger partial charge in [0.05, 0.1) is 11.4 Å². The molecule has 162 valence electrons. The number of piperidine rings is 1. The molecule has 2 heterocycles. The van der Waals surface area contributed by atoms with Gasteiger partial charge in [0.1, 0.15) is 12.7 Å². The van der Waals surface area contributed by atoms with Crippen LogP contribution in [0.3, 0.4) is 0 Å². The first-order valence-corrected chi connectivity index (χ1v) is 11.7. The molecule has 1 aliphatic rings. The van der Waals surface area contributed by atoms with E-state index < -0.39 is 10.0 Å². The number of carbonyl (C=O) groups is 1. The predicted molar refractivity (Wildman–Crippen MR) is 117 cm³/mol. The van der Waals surface area contributed by atoms with E-state index in [9.17, 15) is 13.2 Å². The number of carbonyl (C=O) groups excluding carboxylic acids is 1. The third-order valence-electron chi connectivity index (χ3n) is 5.56. The molecule has 1 aliphatic heterocycles. The highest BCUT2D eigenvalue weighted by Gasteiger charge is 2.28. The minimum absolute atomic E-state index is 0.213. The van der Waals surface area contributed by atoms with Crippen molar-refractivity contribution in [2.75, 3.05) is 18.4 Å². The highest BCUT2D eigenvalue weighted by molar-refractivity contribution is 7.89. The number of anilines is 1. The van der Waals surface area contributed by atoms with Crippen LogP contribution in [0.15, 0.2) is 66.1 Å². The molecule has 0 aliphatic carbocycles. The Labute approximate surface area is 182 Å². The highest BCUT2D eigenvalue weighted by Crippen LogP contribution is 2.24. The fourth-order valence-electron chi connectivity index (χ4n) is 3.62. The second-order valence-electron chi connectivity index (χ2n) is 7.82. The van der Waals surface area contributed by atoms with E-state index in [0.29, 0.717) is 36.8 Å². The van der Waals surface area contributed by atoms with Crippen molar-refractivity contribution in [2.24, 2.45) is 5.92 Å². The number of hydrogen-bond acceptors (Lipinski definition) is 5. The molecule has 0 unspecified atom stereocenters. The summed E-state index contributed by atoms with van der Waals surface area (Å²) >= 11 is 0. The first-order valence-electron chi connectivity index (χ1n) is 10.3. The zero-order chi connectivity index (χ0) is 21.8. The van der Waals surface area contributed by atoms with E-state index in [0.717, 1.165) is 18.4 Å². The van der Waals surface area contributed by atoms with Gasteiger partial charge in [-0.15, -0.1) is 0 Å². The van der Waals surface area contributed by atoms with Crippen molar-refractivity contribution in [3.8, 4) is 0 Å². The standard InChI is InChI=1S/C22H25N5O3S/c1-17-10-12-27(13-11-17)31(29,30)20-8-6-18(7-9-20)22(28)25-21-5-3-2-4-19(21)14-26-16-23-15-24-26/h2-9,15-17H,10-14H2,1H3,(H,25,28). The van der Waals surface area contributed by atoms with E-state index in [-0.39, 0.29) is 10.8 Å². The van der Waals surface area contributed by atoms with Gasteiger partial charge in [-0.05, 0) is 54.7 Å². The van der Waals surface area contributed by atoms with E-state index in [1.54, 1.807) is 23.1 Å². The van der Waals surface area contributed by atoms with Crippen LogP contribution in [0, 0.1) is 5.92 Å². The van der Waals surface area contributed by atoms with Gasteiger partial charge in [-0.1, -0.05) is 25.1 Å². The summed E-state index contributed by atoms with van der Waals surface area (Å²) in [5.74, 6) is 0.242. The number of para-hydroxylation sites is 1. The van der Waals surface area contributed by atoms with Crippen LogP contribution >= 0.6 is 0 Å². The van der Waals surface area contributed by atoms with Crippen molar-refractivity contribution in [1.82, 2.24) is 19.1 Å². The normalized spacial score (nSPS) is 15.6. The van der Waals surface area contributed by atoms with Gasteiger partial charge in [-0.3, -0.25) is 4.79 Å². The lowest BCUT2D eigenvalue weighted by Crippen LogP contribution is -2.37. The molecule has 4 rings (SSSR count). The largest absolute Gasteiger partial charge is 0.322 e. The van der Waals surface area contributed by atoms with Crippen LogP contribution in [0.5, 0.6) is 0 Å². The van der Waals surface area contributed by atoms with Gasteiger partial charge < -0.3 is 5.32 Å². The molecule has 8 nitrogen and oxygen atoms in total. The van der Waals surface area contributed by atoms with E-state index >= 15 is 0 Å². The van der Waals surface area contributed by atoms with Gasteiger partial charge >= 0.3 is 0 Å². The lowest BCUT2D eigenvalue weighted by Gasteiger charge is -2.29. The maximum absolute atomic E-state index is 12.9. The smallest absolute Gasteiger partial charge is 0.255 e. The Morgan fingerprint density at radius 1 is 1.10 bits per heavy atom. The lowest BCUT2D eigenvalue weighted by atomic mass is 10.0. The molecule has 1 saturated heterocycles. The van der Waals surface area contributed by atoms with E-state index in [4.69, 9.17) is 0 Å². The minimum atomic E-state index is -3.54. The summed E-state index contributed by atoms with van der Waals surface area (Å²) in [5.41, 5.74) is 1.95. The number of hydrogen-bond donors (Lipinski definition) is 1. The number of rotatable bonds is 6. The summed E-state index contributed by atoms with van der Waals surface area (Å²) in [6.07, 6.45) is 4.81. The number of nitrogens with one attached hydrogen (secondary N) is 1. The number of nitrogens with zero attached hydrogens (tertiary/aromatic N) is 4. The van der Waals surface area contributed by atoms with Crippen molar-refractivity contribution in [2.45, 2.75) is 31.2 Å². The Balaban J connectivity index is 1.47. The van der Waals surface area contributed by atoms with Crippen molar-refractivity contribution in [3.63, 3.8) is 0 Å². The second-order valence-corrected chi connectivity index (χ2v) is 9.75. The van der Waals surface area contributed by atoms with Gasteiger partial charge in [0.2, 0.25) is 10.0 Å². The number of aromatic nitrogens is 3. The number of benzene rings is 2. The summed E-state index contributed by atoms with van der Waals surface area (Å²) in [5, 5.41) is 7.00. The first-order chi connectivity index (χ1) is 14.9. The molecule has 1 amide bonds. The average molecular weight is 440 g/mol. The molecular formula is C22H25N5O3S. The second kappa shape index (κ2) is 8.99. The van der Waals surface area contributed by atoms with Crippen LogP contribution in [0.25, 0.3) is 0 Å². The SMILES string of the molecule is CC1CCN(S(=O)(=O)c2ccc(C(=O)Nc3ccccc3Cn3cncn3)cc2)CC1. The Bertz CT molecular complexity index is 1140. The third kappa shape index (κ3) is 4.83. The summed E-state index contributed by atoms with van der Waals surface area (Å²) < 4.78 is 29.0. The molecular weight excluding hydrogens is 414 g/mol. The van der Waals surface area contributed by atoms with E-state index in [2.05, 4.69) is 22.3 Å². The van der Waals surface area contributed by atoms with Crippen LogP contribution < -0.4 is 5.32 Å². The highest BCUT2D eigenvalue weighted by atomic mass is 32.2. The third-order valence-corrected chi connectivity index (χ3v) is 7.47. The Kier molecular flexibility index (Phi) is 6.15. The first kappa shape index (κ1) is 21.2. The zero-order valence-electron chi connectivity index (χ0n) is 17.3. The molecule has 9 heteroatoms. The number of sulfonamides is 1. The van der Waals surface area contributed by atoms with E-state index in [1.807, 2.05) is 24.3 Å². The fraction of sp³-hybridized carbons (Fsp3) is 0.318. The molecule has 2 aromatic carbocycles. The van der Waals surface area contributed by atoms with Crippen LogP contribution in [0.1, 0.15) is 35.7 Å². The molecule has 31 heavy (non-hydrogen) atoms. The number of amides is 1. The lowest BCUT2D eigenvalue weighted by molar-refractivity contribution is 0.102. The van der Waals surface area contributed by atoms with Crippen molar-refractivity contribution >= 4 is 21.6 Å². The molecule has 0 spiro atoms. The van der Waals surface area contributed by atoms with Crippen molar-refractivity contribution in [3.05, 3.63) is 72.3 Å². The van der Waals surface area contributed by atoms with Gasteiger partial charge in [0, 0.05) is 24.3 Å². The molecule has 0 bridgehead atoms. The van der Waals surface area contributed by atoms with Gasteiger partial charge in [-0.25, -0.2) is 18.1 Å². The quantitative estimate of drug-likeness (QED) is 0.637. The molecule has 1 N–H and O–H groups in total. The summed E-state index contributed by atoms with van der Waals surface area (Å²) in [7, 11) is -3.54.